The van der Waals surface area contributed by atoms with Crippen molar-refractivity contribution in [3.63, 3.8) is 0 Å². The lowest BCUT2D eigenvalue weighted by Gasteiger charge is -2.47. The van der Waals surface area contributed by atoms with Crippen LogP contribution in [-0.2, 0) is 31.1 Å². The molecule has 6 amide bonds. The number of H-pyrrole nitrogens is 1. The number of fused-ring (bicyclic) bond motifs is 1. The number of esters is 1. The van der Waals surface area contributed by atoms with E-state index in [0.29, 0.717) is 57.9 Å². The van der Waals surface area contributed by atoms with E-state index in [2.05, 4.69) is 60.1 Å². The van der Waals surface area contributed by atoms with Crippen LogP contribution in [0.1, 0.15) is 104 Å². The number of likely N-dealkylation sites (tertiary alicyclic amines) is 2. The molecule has 1 spiro atoms. The molecule has 9 rings (SSSR count). The Hall–Kier alpha value is -8.26. The van der Waals surface area contributed by atoms with Crippen molar-refractivity contribution in [1.29, 1.82) is 0 Å². The molecule has 0 aliphatic carbocycles. The molecule has 3 aliphatic rings. The number of hydrogen-bond acceptors (Lipinski definition) is 12. The first kappa shape index (κ1) is 55.5. The zero-order chi connectivity index (χ0) is 56.4. The summed E-state index contributed by atoms with van der Waals surface area (Å²) in [4.78, 5) is 94.5. The summed E-state index contributed by atoms with van der Waals surface area (Å²) in [6.07, 6.45) is 5.62. The first-order valence-electron chi connectivity index (χ1n) is 26.4. The second-order valence-electron chi connectivity index (χ2n) is 22.0. The smallest absolute Gasteiger partial charge is 0.408 e. The van der Waals surface area contributed by atoms with E-state index in [-0.39, 0.29) is 47.0 Å². The van der Waals surface area contributed by atoms with Crippen LogP contribution in [0.5, 0.6) is 5.75 Å². The van der Waals surface area contributed by atoms with Crippen molar-refractivity contribution >= 4 is 58.2 Å². The molecule has 4 N–H and O–H groups in total. The molecule has 0 atom stereocenters. The van der Waals surface area contributed by atoms with Gasteiger partial charge in [-0.2, -0.15) is 0 Å². The molecule has 3 saturated heterocycles. The normalized spacial score (nSPS) is 15.9. The minimum absolute atomic E-state index is 0.0849. The van der Waals surface area contributed by atoms with Crippen LogP contribution in [-0.4, -0.2) is 119 Å². The van der Waals surface area contributed by atoms with Gasteiger partial charge >= 0.3 is 18.1 Å². The summed E-state index contributed by atoms with van der Waals surface area (Å²) in [5, 5.41) is 7.96. The summed E-state index contributed by atoms with van der Waals surface area (Å²) in [5.74, 6) is -3.13. The molecule has 2 aromatic heterocycles. The molecule has 79 heavy (non-hydrogen) atoms. The molecule has 3 fully saturated rings. The van der Waals surface area contributed by atoms with Crippen molar-refractivity contribution in [1.82, 2.24) is 35.4 Å². The van der Waals surface area contributed by atoms with Crippen molar-refractivity contribution in [3.8, 4) is 28.3 Å². The number of imide groups is 1. The summed E-state index contributed by atoms with van der Waals surface area (Å²) in [6, 6.07) is 21.1. The monoisotopic (exact) mass is 1080 g/mol. The number of aromatic nitrogens is 3. The van der Waals surface area contributed by atoms with Crippen LogP contribution in [0.15, 0.2) is 85.2 Å². The fourth-order valence-electron chi connectivity index (χ4n) is 10.6. The average Bonchev–Trinajstić information content (AvgIpc) is 4.13. The number of ether oxygens (including phenoxy) is 3. The minimum Gasteiger partial charge on any atom is -0.495 e. The van der Waals surface area contributed by atoms with E-state index in [9.17, 15) is 28.8 Å². The molecule has 0 radical (unpaired) electrons. The lowest BCUT2D eigenvalue weighted by molar-refractivity contribution is -0.156. The molecule has 6 aromatic rings. The molecular formula is C59H65F2N9O9. The van der Waals surface area contributed by atoms with Gasteiger partial charge in [0.05, 0.1) is 24.1 Å². The van der Waals surface area contributed by atoms with Crippen molar-refractivity contribution in [2.45, 2.75) is 91.3 Å². The van der Waals surface area contributed by atoms with Gasteiger partial charge in [0.1, 0.15) is 47.1 Å². The number of amides is 6. The third-order valence-electron chi connectivity index (χ3n) is 15.1. The molecule has 3 aliphatic heterocycles. The summed E-state index contributed by atoms with van der Waals surface area (Å²) < 4.78 is 47.3. The molecular weight excluding hydrogens is 1020 g/mol. The van der Waals surface area contributed by atoms with Crippen molar-refractivity contribution in [2.75, 3.05) is 63.1 Å². The van der Waals surface area contributed by atoms with Gasteiger partial charge in [-0.25, -0.2) is 28.3 Å². The standard InChI is InChI=1S/C59H65F2N9O9/c1-35-42(30-40(60)31-45(35)66-53(73)41-14-13-39(29-44(41)61)58(5,6)78-50(72)33-62-56(76)79-57(2,3)4)51-43-32-46(65-52(43)64-34-63-51)37-10-8-36(9-11-37)16-22-68-24-18-59(19-25-68)20-26-69(27-21-59)54(74)38-12-15-48(77-7)47(28-38)70-23-17-49(71)67-55(70)75/h8-15,28-32,34H,16-27,33H2,1-7H3,(H,62,76)(H,66,73)(H,63,64,65)(H,67,71,75). The fourth-order valence-corrected chi connectivity index (χ4v) is 10.6. The van der Waals surface area contributed by atoms with E-state index < -0.39 is 53.4 Å². The number of aromatic amines is 1. The second kappa shape index (κ2) is 22.6. The van der Waals surface area contributed by atoms with E-state index in [0.717, 1.165) is 75.1 Å². The number of alkyl carbamates (subject to hydrolysis) is 1. The molecule has 0 bridgehead atoms. The predicted molar refractivity (Wildman–Crippen MR) is 293 cm³/mol. The Balaban J connectivity index is 0.780. The Bertz CT molecular complexity index is 3340. The number of halogens is 2. The van der Waals surface area contributed by atoms with Crippen LogP contribution in [0.4, 0.5) is 29.7 Å². The van der Waals surface area contributed by atoms with E-state index in [1.807, 2.05) is 11.0 Å². The topological polar surface area (TPSA) is 217 Å². The molecule has 4 aromatic carbocycles. The number of nitrogens with one attached hydrogen (secondary N) is 4. The number of carbonyl (C=O) groups excluding carboxylic acids is 6. The van der Waals surface area contributed by atoms with Crippen LogP contribution >= 0.6 is 0 Å². The van der Waals surface area contributed by atoms with Gasteiger partial charge in [-0.05, 0) is 163 Å². The molecule has 18 nitrogen and oxygen atoms in total. The Morgan fingerprint density at radius 3 is 2.23 bits per heavy atom. The van der Waals surface area contributed by atoms with Crippen molar-refractivity contribution < 1.29 is 51.8 Å². The van der Waals surface area contributed by atoms with Gasteiger partial charge < -0.3 is 39.6 Å². The number of benzene rings is 4. The number of nitrogens with zero attached hydrogens (tertiary/aromatic N) is 5. The van der Waals surface area contributed by atoms with E-state index in [4.69, 9.17) is 14.2 Å². The zero-order valence-electron chi connectivity index (χ0n) is 45.4. The number of carbonyl (C=O) groups is 6. The summed E-state index contributed by atoms with van der Waals surface area (Å²) in [5.41, 5.74) is 3.82. The maximum absolute atomic E-state index is 15.7. The third kappa shape index (κ3) is 12.7. The average molecular weight is 1080 g/mol. The van der Waals surface area contributed by atoms with Gasteiger partial charge in [0, 0.05) is 60.5 Å². The van der Waals surface area contributed by atoms with E-state index >= 15 is 8.78 Å². The highest BCUT2D eigenvalue weighted by molar-refractivity contribution is 6.08. The molecule has 20 heteroatoms. The predicted octanol–water partition coefficient (Wildman–Crippen LogP) is 9.45. The van der Waals surface area contributed by atoms with Crippen LogP contribution in [0.25, 0.3) is 33.5 Å². The van der Waals surface area contributed by atoms with Crippen LogP contribution in [0.3, 0.4) is 0 Å². The van der Waals surface area contributed by atoms with Gasteiger partial charge in [0.15, 0.2) is 0 Å². The van der Waals surface area contributed by atoms with Crippen molar-refractivity contribution in [3.05, 3.63) is 125 Å². The summed E-state index contributed by atoms with van der Waals surface area (Å²) in [6.45, 7) is 13.8. The first-order chi connectivity index (χ1) is 37.6. The number of piperidine rings is 2. The van der Waals surface area contributed by atoms with Crippen molar-refractivity contribution in [2.24, 2.45) is 5.41 Å². The molecule has 414 valence electrons. The maximum atomic E-state index is 15.7. The van der Waals surface area contributed by atoms with Gasteiger partial charge in [0.25, 0.3) is 11.8 Å². The minimum atomic E-state index is -1.34. The Kier molecular flexibility index (Phi) is 15.9. The number of methoxy groups -OCH3 is 1. The lowest BCUT2D eigenvalue weighted by atomic mass is 9.71. The van der Waals surface area contributed by atoms with Gasteiger partial charge in [0.2, 0.25) is 5.91 Å². The first-order valence-corrected chi connectivity index (χ1v) is 26.4. The van der Waals surface area contributed by atoms with Gasteiger partial charge in [-0.1, -0.05) is 30.3 Å². The Labute approximate surface area is 456 Å². The number of hydrogen-bond donors (Lipinski definition) is 4. The highest BCUT2D eigenvalue weighted by Gasteiger charge is 2.39. The zero-order valence-corrected chi connectivity index (χ0v) is 45.4. The number of anilines is 2. The number of urea groups is 1. The Morgan fingerprint density at radius 1 is 0.823 bits per heavy atom. The third-order valence-corrected chi connectivity index (χ3v) is 15.1. The van der Waals surface area contributed by atoms with Crippen LogP contribution < -0.4 is 25.6 Å². The summed E-state index contributed by atoms with van der Waals surface area (Å²) >= 11 is 0. The largest absolute Gasteiger partial charge is 0.495 e. The van der Waals surface area contributed by atoms with Gasteiger partial charge in [-0.3, -0.25) is 29.4 Å². The lowest BCUT2D eigenvalue weighted by Crippen LogP contribution is -2.50. The van der Waals surface area contributed by atoms with E-state index in [1.165, 1.54) is 42.1 Å². The highest BCUT2D eigenvalue weighted by Crippen LogP contribution is 2.42. The number of rotatable bonds is 14. The highest BCUT2D eigenvalue weighted by atomic mass is 19.1. The Morgan fingerprint density at radius 2 is 1.54 bits per heavy atom. The second-order valence-corrected chi connectivity index (χ2v) is 22.0. The summed E-state index contributed by atoms with van der Waals surface area (Å²) in [7, 11) is 1.51. The molecule has 5 heterocycles. The SMILES string of the molecule is COc1ccc(C(=O)N2CCC3(CCN(CCc4ccc(-c5cc6c(-c7cc(F)cc(NC(=O)c8ccc(C(C)(C)OC(=O)CNC(=O)OC(C)(C)C)cc8F)c7C)ncnc6[nH]5)cc4)CC3)CC2)cc1N1CCC(=O)NC1=O. The van der Waals surface area contributed by atoms with Crippen LogP contribution in [0.2, 0.25) is 0 Å². The quantitative estimate of drug-likeness (QED) is 0.0750. The van der Waals surface area contributed by atoms with Gasteiger partial charge in [-0.15, -0.1) is 0 Å². The molecule has 0 unspecified atom stereocenters. The van der Waals surface area contributed by atoms with Crippen LogP contribution in [0, 0.1) is 24.0 Å². The fraction of sp³-hybridized carbons (Fsp3) is 0.390. The molecule has 0 saturated carbocycles. The van der Waals surface area contributed by atoms with E-state index in [1.54, 1.807) is 59.7 Å². The maximum Gasteiger partial charge on any atom is 0.408 e.